The third kappa shape index (κ3) is 3.33. The van der Waals surface area contributed by atoms with Gasteiger partial charge in [0.25, 0.3) is 0 Å². The summed E-state index contributed by atoms with van der Waals surface area (Å²) in [6.45, 7) is 3.75. The Bertz CT molecular complexity index is 753. The van der Waals surface area contributed by atoms with Crippen LogP contribution in [0.1, 0.15) is 30.7 Å². The normalized spacial score (nSPS) is 25.4. The lowest BCUT2D eigenvalue weighted by atomic mass is 9.98. The second-order valence-electron chi connectivity index (χ2n) is 7.45. The predicted octanol–water partition coefficient (Wildman–Crippen LogP) is 2.78. The summed E-state index contributed by atoms with van der Waals surface area (Å²) in [6, 6.07) is 8.42. The number of carbonyl (C=O) groups is 1. The van der Waals surface area contributed by atoms with Gasteiger partial charge in [0.15, 0.2) is 11.7 Å². The van der Waals surface area contributed by atoms with Crippen LogP contribution in [0, 0.1) is 18.8 Å². The topological polar surface area (TPSA) is 72.4 Å². The van der Waals surface area contributed by atoms with E-state index in [9.17, 15) is 4.79 Å². The Labute approximate surface area is 148 Å². The van der Waals surface area contributed by atoms with E-state index >= 15 is 0 Å². The fourth-order valence-corrected chi connectivity index (χ4v) is 4.16. The summed E-state index contributed by atoms with van der Waals surface area (Å²) in [4.78, 5) is 18.8. The van der Waals surface area contributed by atoms with E-state index in [0.29, 0.717) is 30.6 Å². The number of benzene rings is 1. The number of amides is 1. The van der Waals surface area contributed by atoms with Crippen molar-refractivity contribution < 1.29 is 9.21 Å². The van der Waals surface area contributed by atoms with Gasteiger partial charge in [-0.1, -0.05) is 29.8 Å². The fourth-order valence-electron chi connectivity index (χ4n) is 4.16. The number of aryl methyl sites for hydroxylation is 2. The molecule has 2 heterocycles. The Hall–Kier alpha value is -2.14. The van der Waals surface area contributed by atoms with Crippen LogP contribution >= 0.6 is 0 Å². The maximum Gasteiger partial charge on any atom is 0.223 e. The van der Waals surface area contributed by atoms with E-state index in [2.05, 4.69) is 24.0 Å². The quantitative estimate of drug-likeness (QED) is 0.930. The summed E-state index contributed by atoms with van der Waals surface area (Å²) in [7, 11) is 0. The van der Waals surface area contributed by atoms with Crippen LogP contribution in [-0.2, 0) is 11.2 Å². The van der Waals surface area contributed by atoms with Crippen molar-refractivity contribution in [2.75, 3.05) is 13.1 Å². The van der Waals surface area contributed by atoms with Crippen LogP contribution in [0.2, 0.25) is 0 Å². The number of nitrogens with zero attached hydrogens (tertiary/aromatic N) is 2. The van der Waals surface area contributed by atoms with Gasteiger partial charge in [-0.15, -0.1) is 0 Å². The fraction of sp³-hybridized carbons (Fsp3) is 0.500. The van der Waals surface area contributed by atoms with E-state index in [1.807, 2.05) is 17.0 Å². The first-order chi connectivity index (χ1) is 12.1. The second kappa shape index (κ2) is 6.64. The average molecular weight is 339 g/mol. The molecule has 4 rings (SSSR count). The first-order valence-electron chi connectivity index (χ1n) is 9.15. The number of hydrogen-bond donors (Lipinski definition) is 1. The van der Waals surface area contributed by atoms with E-state index < -0.39 is 0 Å². The Balaban J connectivity index is 1.33. The molecule has 1 amide bonds. The molecule has 25 heavy (non-hydrogen) atoms. The molecule has 0 radical (unpaired) electrons. The summed E-state index contributed by atoms with van der Waals surface area (Å²) in [5, 5.41) is 0. The standard InChI is InChI=1S/C20H25N3O2/c1-13-2-4-14(5-3-13)18-10-22-19(25-18)8-9-20(24)23-11-15-6-7-17(21)16(15)12-23/h2-5,10,15-17H,6-9,11-12,21H2,1H3. The van der Waals surface area contributed by atoms with Crippen molar-refractivity contribution in [3.63, 3.8) is 0 Å². The molecule has 1 aliphatic carbocycles. The maximum absolute atomic E-state index is 12.5. The maximum atomic E-state index is 12.5. The first-order valence-corrected chi connectivity index (χ1v) is 9.15. The zero-order chi connectivity index (χ0) is 17.4. The van der Waals surface area contributed by atoms with Gasteiger partial charge in [-0.3, -0.25) is 4.79 Å². The highest BCUT2D eigenvalue weighted by atomic mass is 16.4. The molecule has 1 saturated heterocycles. The molecule has 3 unspecified atom stereocenters. The van der Waals surface area contributed by atoms with Crippen LogP contribution in [0.4, 0.5) is 0 Å². The van der Waals surface area contributed by atoms with Gasteiger partial charge in [0.05, 0.1) is 6.20 Å². The lowest BCUT2D eigenvalue weighted by Gasteiger charge is -2.18. The summed E-state index contributed by atoms with van der Waals surface area (Å²) in [6.07, 6.45) is 5.00. The Morgan fingerprint density at radius 2 is 2.08 bits per heavy atom. The summed E-state index contributed by atoms with van der Waals surface area (Å²) in [5.41, 5.74) is 8.38. The van der Waals surface area contributed by atoms with Crippen molar-refractivity contribution in [2.45, 2.75) is 38.6 Å². The largest absolute Gasteiger partial charge is 0.441 e. The first kappa shape index (κ1) is 16.3. The van der Waals surface area contributed by atoms with Crippen molar-refractivity contribution in [2.24, 2.45) is 17.6 Å². The minimum atomic E-state index is 0.191. The monoisotopic (exact) mass is 339 g/mol. The Morgan fingerprint density at radius 1 is 1.28 bits per heavy atom. The molecule has 2 aromatic rings. The minimum Gasteiger partial charge on any atom is -0.441 e. The van der Waals surface area contributed by atoms with Gasteiger partial charge in [-0.05, 0) is 31.6 Å². The van der Waals surface area contributed by atoms with Gasteiger partial charge < -0.3 is 15.1 Å². The van der Waals surface area contributed by atoms with E-state index in [4.69, 9.17) is 10.2 Å². The van der Waals surface area contributed by atoms with Crippen LogP contribution in [0.25, 0.3) is 11.3 Å². The van der Waals surface area contributed by atoms with E-state index in [1.165, 1.54) is 5.56 Å². The lowest BCUT2D eigenvalue weighted by molar-refractivity contribution is -0.130. The van der Waals surface area contributed by atoms with Gasteiger partial charge in [-0.25, -0.2) is 4.98 Å². The van der Waals surface area contributed by atoms with Crippen LogP contribution in [-0.4, -0.2) is 34.9 Å². The lowest BCUT2D eigenvalue weighted by Crippen LogP contribution is -2.33. The Morgan fingerprint density at radius 3 is 2.84 bits per heavy atom. The van der Waals surface area contributed by atoms with Crippen molar-refractivity contribution in [1.29, 1.82) is 0 Å². The number of fused-ring (bicyclic) bond motifs is 1. The van der Waals surface area contributed by atoms with Crippen LogP contribution in [0.15, 0.2) is 34.9 Å². The van der Waals surface area contributed by atoms with Crippen molar-refractivity contribution in [1.82, 2.24) is 9.88 Å². The molecule has 5 heteroatoms. The van der Waals surface area contributed by atoms with Crippen LogP contribution < -0.4 is 5.73 Å². The third-order valence-corrected chi connectivity index (χ3v) is 5.71. The van der Waals surface area contributed by atoms with Crippen LogP contribution in [0.3, 0.4) is 0 Å². The number of nitrogens with two attached hydrogens (primary N) is 1. The smallest absolute Gasteiger partial charge is 0.223 e. The molecular weight excluding hydrogens is 314 g/mol. The zero-order valence-corrected chi connectivity index (χ0v) is 14.6. The van der Waals surface area contributed by atoms with Crippen molar-refractivity contribution >= 4 is 5.91 Å². The third-order valence-electron chi connectivity index (χ3n) is 5.71. The molecular formula is C20H25N3O2. The highest BCUT2D eigenvalue weighted by Gasteiger charge is 2.42. The molecule has 2 aliphatic rings. The molecule has 2 fully saturated rings. The van der Waals surface area contributed by atoms with Crippen molar-refractivity contribution in [3.05, 3.63) is 41.9 Å². The summed E-state index contributed by atoms with van der Waals surface area (Å²) in [5.74, 6) is 2.67. The summed E-state index contributed by atoms with van der Waals surface area (Å²) >= 11 is 0. The minimum absolute atomic E-state index is 0.191. The van der Waals surface area contributed by atoms with Crippen LogP contribution in [0.5, 0.6) is 0 Å². The van der Waals surface area contributed by atoms with E-state index in [0.717, 1.165) is 37.3 Å². The number of likely N-dealkylation sites (tertiary alicyclic amines) is 1. The molecule has 1 aromatic heterocycles. The summed E-state index contributed by atoms with van der Waals surface area (Å²) < 4.78 is 5.81. The number of carbonyl (C=O) groups excluding carboxylic acids is 1. The SMILES string of the molecule is Cc1ccc(-c2cnc(CCC(=O)N3CC4CCC(N)C4C3)o2)cc1. The molecule has 1 aliphatic heterocycles. The Kier molecular flexibility index (Phi) is 4.34. The average Bonchev–Trinajstić information content (AvgIpc) is 3.31. The molecule has 3 atom stereocenters. The molecule has 5 nitrogen and oxygen atoms in total. The zero-order valence-electron chi connectivity index (χ0n) is 14.6. The van der Waals surface area contributed by atoms with Gasteiger partial charge in [-0.2, -0.15) is 0 Å². The van der Waals surface area contributed by atoms with Gasteiger partial charge in [0.1, 0.15) is 0 Å². The molecule has 1 aromatic carbocycles. The number of oxazole rings is 1. The highest BCUT2D eigenvalue weighted by molar-refractivity contribution is 5.76. The van der Waals surface area contributed by atoms with E-state index in [-0.39, 0.29) is 11.9 Å². The predicted molar refractivity (Wildman–Crippen MR) is 95.8 cm³/mol. The van der Waals surface area contributed by atoms with Gasteiger partial charge in [0, 0.05) is 37.5 Å². The molecule has 2 N–H and O–H groups in total. The number of rotatable bonds is 4. The van der Waals surface area contributed by atoms with Crippen molar-refractivity contribution in [3.8, 4) is 11.3 Å². The molecule has 1 saturated carbocycles. The van der Waals surface area contributed by atoms with Gasteiger partial charge >= 0.3 is 0 Å². The van der Waals surface area contributed by atoms with E-state index in [1.54, 1.807) is 6.20 Å². The highest BCUT2D eigenvalue weighted by Crippen LogP contribution is 2.37. The second-order valence-corrected chi connectivity index (χ2v) is 7.45. The van der Waals surface area contributed by atoms with Gasteiger partial charge in [0.2, 0.25) is 5.91 Å². The number of aromatic nitrogens is 1. The number of hydrogen-bond acceptors (Lipinski definition) is 4. The molecule has 0 bridgehead atoms. The molecule has 0 spiro atoms. The molecule has 132 valence electrons.